The molecule has 120 heavy (non-hydrogen) atoms. The van der Waals surface area contributed by atoms with Crippen LogP contribution in [-0.4, -0.2) is 0 Å². The van der Waals surface area contributed by atoms with Gasteiger partial charge in [-0.05, 0) is 272 Å². The van der Waals surface area contributed by atoms with Crippen molar-refractivity contribution >= 4 is 129 Å². The Balaban J connectivity index is 0.000000108. The summed E-state index contributed by atoms with van der Waals surface area (Å²) in [6.45, 7) is 0. The lowest BCUT2D eigenvalue weighted by Gasteiger charge is -2.19. The van der Waals surface area contributed by atoms with Crippen molar-refractivity contribution in [1.82, 2.24) is 0 Å². The van der Waals surface area contributed by atoms with E-state index in [4.69, 9.17) is 0 Å². The molecule has 0 aliphatic rings. The fourth-order valence-electron chi connectivity index (χ4n) is 19.1. The van der Waals surface area contributed by atoms with E-state index in [9.17, 15) is 0 Å². The Hall–Kier alpha value is -15.6. The minimum absolute atomic E-state index is 1.24. The molecule has 558 valence electrons. The van der Waals surface area contributed by atoms with Gasteiger partial charge in [-0.2, -0.15) is 0 Å². The van der Waals surface area contributed by atoms with E-state index in [0.717, 1.165) is 0 Å². The van der Waals surface area contributed by atoms with Crippen LogP contribution in [0.2, 0.25) is 0 Å². The Bertz CT molecular complexity index is 7950. The highest BCUT2D eigenvalue weighted by Crippen LogP contribution is 2.50. The first-order chi connectivity index (χ1) is 59.5. The predicted octanol–water partition coefficient (Wildman–Crippen LogP) is 33.9. The van der Waals surface area contributed by atoms with Gasteiger partial charge in [-0.3, -0.25) is 0 Å². The van der Waals surface area contributed by atoms with Crippen LogP contribution in [0.15, 0.2) is 473 Å². The van der Waals surface area contributed by atoms with Gasteiger partial charge in [0.2, 0.25) is 0 Å². The molecule has 0 aromatic heterocycles. The molecule has 0 atom stereocenters. The molecule has 0 saturated heterocycles. The SMILES string of the molecule is c1ccc(-c2c3ccccc3c(-c3ccc(-c4ccc5ccccc5c4)c4ccccc34)c3ccccc23)cc1.c1ccc(-c2c3ccccc3c(-c3ccc4cc(-c5ccc6ccccc6c5)ccc4c3)c3ccccc23)cc1.c1ccc(-c2c3ccccc3c(-c3ccc4ccc(-c5ccc6ccccc6c5)cc4c3)c3ccccc23)cc1. The maximum Gasteiger partial charge on any atom is -0.00201 e. The molecule has 0 unspecified atom stereocenters. The fraction of sp³-hybridized carbons (Fsp3) is 0. The van der Waals surface area contributed by atoms with Gasteiger partial charge in [0.1, 0.15) is 0 Å². The van der Waals surface area contributed by atoms with Gasteiger partial charge >= 0.3 is 0 Å². The summed E-state index contributed by atoms with van der Waals surface area (Å²) in [4.78, 5) is 0. The van der Waals surface area contributed by atoms with E-state index in [0.29, 0.717) is 0 Å². The monoisotopic (exact) mass is 1520 g/mol. The normalized spacial score (nSPS) is 11.5. The smallest absolute Gasteiger partial charge is 0.00201 e. The molecule has 0 bridgehead atoms. The first-order valence-corrected chi connectivity index (χ1v) is 41.6. The summed E-state index contributed by atoms with van der Waals surface area (Å²) in [7, 11) is 0. The van der Waals surface area contributed by atoms with Crippen LogP contribution in [0.3, 0.4) is 0 Å². The van der Waals surface area contributed by atoms with Crippen LogP contribution in [0.5, 0.6) is 0 Å². The molecule has 0 aliphatic carbocycles. The molecule has 24 aromatic rings. The number of benzene rings is 24. The number of fused-ring (bicyclic) bond motifs is 12. The molecule has 0 aliphatic heterocycles. The average Bonchev–Trinajstić information content (AvgIpc) is 0.732. The Morgan fingerprint density at radius 3 is 0.592 bits per heavy atom. The third kappa shape index (κ3) is 12.8. The third-order valence-corrected chi connectivity index (χ3v) is 24.7. The molecule has 0 radical (unpaired) electrons. The van der Waals surface area contributed by atoms with Crippen molar-refractivity contribution in [2.75, 3.05) is 0 Å². The maximum absolute atomic E-state index is 2.37. The van der Waals surface area contributed by atoms with Crippen molar-refractivity contribution in [3.05, 3.63) is 473 Å². The van der Waals surface area contributed by atoms with Crippen molar-refractivity contribution in [2.24, 2.45) is 0 Å². The van der Waals surface area contributed by atoms with Crippen LogP contribution < -0.4 is 0 Å². The highest BCUT2D eigenvalue weighted by Gasteiger charge is 2.23. The lowest BCUT2D eigenvalue weighted by Crippen LogP contribution is -1.92. The van der Waals surface area contributed by atoms with E-state index < -0.39 is 0 Å². The van der Waals surface area contributed by atoms with E-state index in [2.05, 4.69) is 473 Å². The molecule has 0 fully saturated rings. The molecule has 0 N–H and O–H groups in total. The van der Waals surface area contributed by atoms with E-state index in [-0.39, 0.29) is 0 Å². The molecule has 0 spiro atoms. The van der Waals surface area contributed by atoms with E-state index >= 15 is 0 Å². The Morgan fingerprint density at radius 1 is 0.0833 bits per heavy atom. The van der Waals surface area contributed by atoms with Crippen molar-refractivity contribution in [1.29, 1.82) is 0 Å². The van der Waals surface area contributed by atoms with Crippen LogP contribution in [-0.2, 0) is 0 Å². The van der Waals surface area contributed by atoms with Gasteiger partial charge in [0.25, 0.3) is 0 Å². The second-order valence-corrected chi connectivity index (χ2v) is 31.6. The van der Waals surface area contributed by atoms with Crippen LogP contribution in [0.1, 0.15) is 0 Å². The third-order valence-electron chi connectivity index (χ3n) is 24.7. The number of rotatable bonds is 9. The Kier molecular flexibility index (Phi) is 18.1. The van der Waals surface area contributed by atoms with Crippen molar-refractivity contribution in [3.63, 3.8) is 0 Å². The number of hydrogen-bond donors (Lipinski definition) is 0. The summed E-state index contributed by atoms with van der Waals surface area (Å²) in [6.07, 6.45) is 0. The van der Waals surface area contributed by atoms with Crippen molar-refractivity contribution in [3.8, 4) is 100 Å². The van der Waals surface area contributed by atoms with Gasteiger partial charge < -0.3 is 0 Å². The maximum atomic E-state index is 2.37. The molecule has 0 heteroatoms. The summed E-state index contributed by atoms with van der Waals surface area (Å²) >= 11 is 0. The Morgan fingerprint density at radius 2 is 0.267 bits per heavy atom. The lowest BCUT2D eigenvalue weighted by molar-refractivity contribution is 1.65. The molecular formula is C120H78. The summed E-state index contributed by atoms with van der Waals surface area (Å²) in [5.74, 6) is 0. The van der Waals surface area contributed by atoms with Gasteiger partial charge in [-0.25, -0.2) is 0 Å². The van der Waals surface area contributed by atoms with Crippen LogP contribution in [0, 0.1) is 0 Å². The van der Waals surface area contributed by atoms with Gasteiger partial charge in [0, 0.05) is 0 Å². The number of hydrogen-bond acceptors (Lipinski definition) is 0. The van der Waals surface area contributed by atoms with Gasteiger partial charge in [0.05, 0.1) is 0 Å². The molecular weight excluding hydrogens is 1440 g/mol. The quantitative estimate of drug-likeness (QED) is 0.126. The second kappa shape index (κ2) is 30.5. The molecule has 0 amide bonds. The summed E-state index contributed by atoms with van der Waals surface area (Å²) < 4.78 is 0. The molecule has 0 heterocycles. The first kappa shape index (κ1) is 71.0. The minimum atomic E-state index is 1.24. The van der Waals surface area contributed by atoms with Gasteiger partial charge in [0.15, 0.2) is 0 Å². The second-order valence-electron chi connectivity index (χ2n) is 31.6. The van der Waals surface area contributed by atoms with E-state index in [1.165, 1.54) is 229 Å². The largest absolute Gasteiger partial charge is 0.0622 e. The highest BCUT2D eigenvalue weighted by molar-refractivity contribution is 6.26. The minimum Gasteiger partial charge on any atom is -0.0622 e. The standard InChI is InChI=1S/3C40H26/c1-2-11-29(12-3-1)39-35-14-6-8-16-37(35)40(38-17-9-7-15-36(38)39)33-23-20-28-19-22-32(25-34(28)26-33)31-21-18-27-10-4-5-13-30(27)24-31;1-2-11-28(12-3-1)39-35-14-6-8-16-37(35)40(38-17-9-7-15-36(38)39)34-23-22-32-25-31(20-21-33(32)26-34)30-19-18-27-10-4-5-13-29(27)24-30;1-2-13-28(14-3-1)39-34-18-8-10-20-36(34)40(37-21-11-9-19-35(37)39)38-25-24-31(32-16-6-7-17-33(32)38)30-23-22-27-12-4-5-15-29(27)26-30/h3*1-26H. The van der Waals surface area contributed by atoms with E-state index in [1.807, 2.05) is 0 Å². The molecule has 24 aromatic carbocycles. The van der Waals surface area contributed by atoms with Crippen LogP contribution in [0.4, 0.5) is 0 Å². The highest BCUT2D eigenvalue weighted by atomic mass is 14.3. The van der Waals surface area contributed by atoms with Gasteiger partial charge in [-0.15, -0.1) is 0 Å². The predicted molar refractivity (Wildman–Crippen MR) is 518 cm³/mol. The topological polar surface area (TPSA) is 0 Å². The van der Waals surface area contributed by atoms with E-state index in [1.54, 1.807) is 0 Å². The zero-order chi connectivity index (χ0) is 79.4. The van der Waals surface area contributed by atoms with Crippen molar-refractivity contribution in [2.45, 2.75) is 0 Å². The zero-order valence-electron chi connectivity index (χ0n) is 66.0. The zero-order valence-corrected chi connectivity index (χ0v) is 66.0. The van der Waals surface area contributed by atoms with Gasteiger partial charge in [-0.1, -0.05) is 431 Å². The summed E-state index contributed by atoms with van der Waals surface area (Å²) in [5, 5.41) is 30.6. The molecule has 0 nitrogen and oxygen atoms in total. The molecule has 0 saturated carbocycles. The first-order valence-electron chi connectivity index (χ1n) is 41.6. The summed E-state index contributed by atoms with van der Waals surface area (Å²) in [5.41, 5.74) is 22.8. The van der Waals surface area contributed by atoms with Crippen LogP contribution in [0.25, 0.3) is 229 Å². The van der Waals surface area contributed by atoms with Crippen molar-refractivity contribution < 1.29 is 0 Å². The fourth-order valence-corrected chi connectivity index (χ4v) is 19.1. The summed E-state index contributed by atoms with van der Waals surface area (Å²) in [6, 6.07) is 173. The Labute approximate surface area is 697 Å². The molecule has 24 rings (SSSR count). The van der Waals surface area contributed by atoms with Crippen LogP contribution >= 0.6 is 0 Å². The average molecular weight is 1520 g/mol. The lowest BCUT2D eigenvalue weighted by atomic mass is 9.84.